The van der Waals surface area contributed by atoms with Crippen molar-refractivity contribution in [2.24, 2.45) is 0 Å². The lowest BCUT2D eigenvalue weighted by Gasteiger charge is -2.31. The minimum atomic E-state index is 0.0925. The molecule has 0 atom stereocenters. The number of methoxy groups -OCH3 is 1. The minimum Gasteiger partial charge on any atom is -0.375 e. The Labute approximate surface area is 134 Å². The van der Waals surface area contributed by atoms with Crippen LogP contribution in [-0.4, -0.2) is 47.0 Å². The number of aromatic nitrogens is 2. The van der Waals surface area contributed by atoms with Crippen molar-refractivity contribution in [3.63, 3.8) is 0 Å². The van der Waals surface area contributed by atoms with E-state index in [1.54, 1.807) is 7.11 Å². The van der Waals surface area contributed by atoms with Crippen molar-refractivity contribution >= 4 is 22.1 Å². The predicted octanol–water partition coefficient (Wildman–Crippen LogP) is 2.67. The molecule has 5 nitrogen and oxygen atoms in total. The maximum absolute atomic E-state index is 11.9. The molecule has 1 aliphatic rings. The van der Waals surface area contributed by atoms with Gasteiger partial charge in [-0.1, -0.05) is 0 Å². The van der Waals surface area contributed by atoms with E-state index in [1.165, 1.54) is 21.1 Å². The van der Waals surface area contributed by atoms with Crippen molar-refractivity contribution in [1.82, 2.24) is 14.3 Å². The summed E-state index contributed by atoms with van der Waals surface area (Å²) in [7, 11) is 1.57. The van der Waals surface area contributed by atoms with E-state index in [0.717, 1.165) is 31.8 Å². The third-order valence-electron chi connectivity index (χ3n) is 4.62. The molecule has 0 spiro atoms. The van der Waals surface area contributed by atoms with Crippen LogP contribution in [0.4, 0.5) is 0 Å². The SMILES string of the molecule is COCC(=O)N1CCC(c2nc(C)n3c(C)c(C)sc23)CC1. The normalized spacial score (nSPS) is 16.6. The largest absolute Gasteiger partial charge is 0.375 e. The first kappa shape index (κ1) is 15.5. The number of aryl methyl sites for hydroxylation is 3. The molecule has 0 unspecified atom stereocenters. The van der Waals surface area contributed by atoms with Crippen LogP contribution in [0.3, 0.4) is 0 Å². The van der Waals surface area contributed by atoms with Gasteiger partial charge in [0, 0.05) is 36.7 Å². The van der Waals surface area contributed by atoms with Crippen LogP contribution in [0.2, 0.25) is 0 Å². The monoisotopic (exact) mass is 321 g/mol. The minimum absolute atomic E-state index is 0.0925. The zero-order valence-corrected chi connectivity index (χ0v) is 14.5. The van der Waals surface area contributed by atoms with Crippen LogP contribution < -0.4 is 0 Å². The van der Waals surface area contributed by atoms with Gasteiger partial charge in [0.1, 0.15) is 17.3 Å². The van der Waals surface area contributed by atoms with Crippen molar-refractivity contribution in [3.05, 3.63) is 22.1 Å². The van der Waals surface area contributed by atoms with Gasteiger partial charge in [0.05, 0.1) is 5.69 Å². The first-order valence-corrected chi connectivity index (χ1v) is 8.56. The maximum atomic E-state index is 11.9. The van der Waals surface area contributed by atoms with Crippen LogP contribution in [0, 0.1) is 20.8 Å². The Morgan fingerprint density at radius 1 is 1.32 bits per heavy atom. The van der Waals surface area contributed by atoms with Gasteiger partial charge < -0.3 is 9.64 Å². The standard InChI is InChI=1S/C16H23N3O2S/c1-10-11(2)22-16-15(17-12(3)19(10)16)13-5-7-18(8-6-13)14(20)9-21-4/h13H,5-9H2,1-4H3. The molecule has 2 aromatic heterocycles. The summed E-state index contributed by atoms with van der Waals surface area (Å²) >= 11 is 1.84. The Morgan fingerprint density at radius 2 is 2.00 bits per heavy atom. The number of hydrogen-bond acceptors (Lipinski definition) is 4. The molecule has 3 rings (SSSR count). The predicted molar refractivity (Wildman–Crippen MR) is 87.7 cm³/mol. The number of imidazole rings is 1. The fourth-order valence-corrected chi connectivity index (χ4v) is 4.49. The topological polar surface area (TPSA) is 46.8 Å². The van der Waals surface area contributed by atoms with Crippen LogP contribution >= 0.6 is 11.3 Å². The zero-order chi connectivity index (χ0) is 15.9. The summed E-state index contributed by atoms with van der Waals surface area (Å²) in [6.45, 7) is 8.18. The number of piperidine rings is 1. The van der Waals surface area contributed by atoms with Gasteiger partial charge in [-0.15, -0.1) is 11.3 Å². The fraction of sp³-hybridized carbons (Fsp3) is 0.625. The van der Waals surface area contributed by atoms with Crippen molar-refractivity contribution in [1.29, 1.82) is 0 Å². The number of carbonyl (C=O) groups excluding carboxylic acids is 1. The molecule has 0 bridgehead atoms. The van der Waals surface area contributed by atoms with Gasteiger partial charge in [0.2, 0.25) is 5.91 Å². The maximum Gasteiger partial charge on any atom is 0.248 e. The summed E-state index contributed by atoms with van der Waals surface area (Å²) in [5.41, 5.74) is 2.52. The molecule has 1 amide bonds. The number of rotatable bonds is 3. The summed E-state index contributed by atoms with van der Waals surface area (Å²) in [5, 5.41) is 0. The molecule has 6 heteroatoms. The molecule has 0 N–H and O–H groups in total. The molecule has 0 aliphatic carbocycles. The van der Waals surface area contributed by atoms with E-state index in [-0.39, 0.29) is 12.5 Å². The van der Waals surface area contributed by atoms with Gasteiger partial charge in [-0.25, -0.2) is 4.98 Å². The molecule has 3 heterocycles. The second-order valence-corrected chi connectivity index (χ2v) is 7.22. The highest BCUT2D eigenvalue weighted by atomic mass is 32.1. The number of fused-ring (bicyclic) bond motifs is 1. The lowest BCUT2D eigenvalue weighted by atomic mass is 9.94. The fourth-order valence-electron chi connectivity index (χ4n) is 3.29. The molecule has 2 aromatic rings. The van der Waals surface area contributed by atoms with Crippen LogP contribution in [0.25, 0.3) is 4.83 Å². The van der Waals surface area contributed by atoms with Gasteiger partial charge in [-0.3, -0.25) is 9.20 Å². The summed E-state index contributed by atoms with van der Waals surface area (Å²) in [5.74, 6) is 1.62. The van der Waals surface area contributed by atoms with Crippen molar-refractivity contribution in [2.45, 2.75) is 39.5 Å². The van der Waals surface area contributed by atoms with E-state index >= 15 is 0 Å². The third-order valence-corrected chi connectivity index (χ3v) is 5.81. The van der Waals surface area contributed by atoms with E-state index in [9.17, 15) is 4.79 Å². The van der Waals surface area contributed by atoms with Crippen LogP contribution in [0.1, 0.15) is 40.8 Å². The Balaban J connectivity index is 1.80. The second kappa shape index (κ2) is 6.01. The van der Waals surface area contributed by atoms with Crippen molar-refractivity contribution < 1.29 is 9.53 Å². The highest BCUT2D eigenvalue weighted by Crippen LogP contribution is 2.35. The van der Waals surface area contributed by atoms with Gasteiger partial charge in [0.15, 0.2) is 0 Å². The molecule has 1 saturated heterocycles. The highest BCUT2D eigenvalue weighted by Gasteiger charge is 2.28. The van der Waals surface area contributed by atoms with E-state index in [0.29, 0.717) is 5.92 Å². The van der Waals surface area contributed by atoms with Crippen LogP contribution in [-0.2, 0) is 9.53 Å². The molecule has 0 radical (unpaired) electrons. The van der Waals surface area contributed by atoms with Gasteiger partial charge in [-0.2, -0.15) is 0 Å². The Hall–Kier alpha value is -1.40. The Morgan fingerprint density at radius 3 is 2.64 bits per heavy atom. The average molecular weight is 321 g/mol. The number of likely N-dealkylation sites (tertiary alicyclic amines) is 1. The van der Waals surface area contributed by atoms with E-state index in [4.69, 9.17) is 9.72 Å². The highest BCUT2D eigenvalue weighted by molar-refractivity contribution is 7.17. The van der Waals surface area contributed by atoms with Crippen LogP contribution in [0.5, 0.6) is 0 Å². The molecule has 1 fully saturated rings. The summed E-state index contributed by atoms with van der Waals surface area (Å²) < 4.78 is 7.22. The second-order valence-electron chi connectivity index (χ2n) is 6.02. The lowest BCUT2D eigenvalue weighted by molar-refractivity contribution is -0.136. The van der Waals surface area contributed by atoms with Gasteiger partial charge in [-0.05, 0) is 33.6 Å². The third kappa shape index (κ3) is 2.54. The number of thiazole rings is 1. The summed E-state index contributed by atoms with van der Waals surface area (Å²) in [6, 6.07) is 0. The number of nitrogens with zero attached hydrogens (tertiary/aromatic N) is 3. The number of carbonyl (C=O) groups is 1. The molecule has 1 aliphatic heterocycles. The average Bonchev–Trinajstić information content (AvgIpc) is 2.98. The van der Waals surface area contributed by atoms with Crippen LogP contribution in [0.15, 0.2) is 0 Å². The Kier molecular flexibility index (Phi) is 4.23. The number of ether oxygens (including phenoxy) is 1. The number of hydrogen-bond donors (Lipinski definition) is 0. The molecular formula is C16H23N3O2S. The van der Waals surface area contributed by atoms with E-state index in [2.05, 4.69) is 25.2 Å². The van der Waals surface area contributed by atoms with E-state index in [1.807, 2.05) is 16.2 Å². The molecule has 120 valence electrons. The number of amides is 1. The first-order valence-electron chi connectivity index (χ1n) is 7.74. The smallest absolute Gasteiger partial charge is 0.248 e. The van der Waals surface area contributed by atoms with Gasteiger partial charge in [0.25, 0.3) is 0 Å². The molecule has 0 saturated carbocycles. The van der Waals surface area contributed by atoms with E-state index < -0.39 is 0 Å². The molecular weight excluding hydrogens is 298 g/mol. The van der Waals surface area contributed by atoms with Crippen molar-refractivity contribution in [2.75, 3.05) is 26.8 Å². The van der Waals surface area contributed by atoms with Gasteiger partial charge >= 0.3 is 0 Å². The van der Waals surface area contributed by atoms with Crippen molar-refractivity contribution in [3.8, 4) is 0 Å². The summed E-state index contributed by atoms with van der Waals surface area (Å²) in [4.78, 5) is 21.3. The lowest BCUT2D eigenvalue weighted by Crippen LogP contribution is -2.39. The quantitative estimate of drug-likeness (QED) is 0.873. The Bertz CT molecular complexity index is 696. The molecule has 0 aromatic carbocycles. The molecule has 22 heavy (non-hydrogen) atoms. The summed E-state index contributed by atoms with van der Waals surface area (Å²) in [6.07, 6.45) is 1.97. The zero-order valence-electron chi connectivity index (χ0n) is 13.7. The first-order chi connectivity index (χ1) is 10.5.